The zero-order valence-corrected chi connectivity index (χ0v) is 27.5. The predicted molar refractivity (Wildman–Crippen MR) is 209 cm³/mol. The van der Waals surface area contributed by atoms with E-state index in [0.717, 1.165) is 55.1 Å². The molecule has 238 valence electrons. The van der Waals surface area contributed by atoms with Crippen LogP contribution in [0.1, 0.15) is 0 Å². The summed E-state index contributed by atoms with van der Waals surface area (Å²) in [7, 11) is 0. The zero-order valence-electron chi connectivity index (χ0n) is 27.5. The molecule has 4 heteroatoms. The van der Waals surface area contributed by atoms with Gasteiger partial charge in [-0.2, -0.15) is 0 Å². The van der Waals surface area contributed by atoms with E-state index in [0.29, 0.717) is 17.5 Å². The van der Waals surface area contributed by atoms with Crippen molar-refractivity contribution in [2.45, 2.75) is 0 Å². The summed E-state index contributed by atoms with van der Waals surface area (Å²) >= 11 is 0. The Bertz CT molecular complexity index is 2900. The molecule has 0 saturated carbocycles. The lowest BCUT2D eigenvalue weighted by Crippen LogP contribution is -2.00. The van der Waals surface area contributed by atoms with Crippen molar-refractivity contribution in [1.29, 1.82) is 0 Å². The summed E-state index contributed by atoms with van der Waals surface area (Å²) in [4.78, 5) is 15.4. The van der Waals surface area contributed by atoms with E-state index in [1.807, 2.05) is 48.5 Å². The van der Waals surface area contributed by atoms with Crippen LogP contribution in [0.3, 0.4) is 0 Å². The fourth-order valence-corrected chi connectivity index (χ4v) is 7.26. The molecule has 2 heterocycles. The fraction of sp³-hybridized carbons (Fsp3) is 0. The number of fused-ring (bicyclic) bond motifs is 6. The maximum Gasteiger partial charge on any atom is 0.164 e. The van der Waals surface area contributed by atoms with Crippen LogP contribution in [-0.2, 0) is 0 Å². The zero-order chi connectivity index (χ0) is 33.7. The first-order valence-corrected chi connectivity index (χ1v) is 17.1. The molecule has 0 bridgehead atoms. The van der Waals surface area contributed by atoms with Gasteiger partial charge in [0.15, 0.2) is 17.5 Å². The summed E-state index contributed by atoms with van der Waals surface area (Å²) in [5.41, 5.74) is 9.01. The molecule has 10 rings (SSSR count). The molecule has 0 aliphatic carbocycles. The summed E-state index contributed by atoms with van der Waals surface area (Å²) in [5.74, 6) is 1.84. The summed E-state index contributed by atoms with van der Waals surface area (Å²) < 4.78 is 6.47. The van der Waals surface area contributed by atoms with Gasteiger partial charge in [-0.05, 0) is 74.1 Å². The Morgan fingerprint density at radius 1 is 0.314 bits per heavy atom. The van der Waals surface area contributed by atoms with E-state index in [1.54, 1.807) is 0 Å². The van der Waals surface area contributed by atoms with Gasteiger partial charge in [0.05, 0.1) is 0 Å². The van der Waals surface area contributed by atoms with Crippen LogP contribution in [0, 0.1) is 0 Å². The summed E-state index contributed by atoms with van der Waals surface area (Å²) in [6.07, 6.45) is 0. The standard InChI is InChI=1S/C47H29N3O/c1-4-13-30(14-5-1)33-23-26-38-43(29-33)51-42-22-12-21-39(44(38)42)47-49-45(32-17-8-3-9-18-32)48-46(50-47)35-24-25-37-40(31-15-6-2-7-16-31)27-34-19-10-11-20-36(34)41(37)28-35/h1-29H. The maximum atomic E-state index is 6.47. The minimum absolute atomic E-state index is 0.599. The molecule has 0 atom stereocenters. The highest BCUT2D eigenvalue weighted by molar-refractivity contribution is 6.15. The highest BCUT2D eigenvalue weighted by atomic mass is 16.3. The van der Waals surface area contributed by atoms with Gasteiger partial charge in [0.2, 0.25) is 0 Å². The van der Waals surface area contributed by atoms with Crippen molar-refractivity contribution in [2.75, 3.05) is 0 Å². The van der Waals surface area contributed by atoms with Crippen LogP contribution in [0.25, 0.3) is 99.9 Å². The third kappa shape index (κ3) is 5.04. The molecule has 51 heavy (non-hydrogen) atoms. The second-order valence-electron chi connectivity index (χ2n) is 12.8. The Hall–Kier alpha value is -6.91. The quantitative estimate of drug-likeness (QED) is 0.174. The van der Waals surface area contributed by atoms with Gasteiger partial charge in [-0.1, -0.05) is 146 Å². The number of rotatable bonds is 5. The van der Waals surface area contributed by atoms with Gasteiger partial charge >= 0.3 is 0 Å². The number of nitrogens with zero attached hydrogens (tertiary/aromatic N) is 3. The van der Waals surface area contributed by atoms with Crippen LogP contribution >= 0.6 is 0 Å². The van der Waals surface area contributed by atoms with Crippen LogP contribution in [-0.4, -0.2) is 15.0 Å². The minimum Gasteiger partial charge on any atom is -0.456 e. The molecule has 4 nitrogen and oxygen atoms in total. The largest absolute Gasteiger partial charge is 0.456 e. The lowest BCUT2D eigenvalue weighted by molar-refractivity contribution is 0.669. The molecule has 0 aliphatic rings. The van der Waals surface area contributed by atoms with Crippen molar-refractivity contribution < 1.29 is 4.42 Å². The van der Waals surface area contributed by atoms with E-state index >= 15 is 0 Å². The number of furan rings is 1. The normalized spacial score (nSPS) is 11.5. The van der Waals surface area contributed by atoms with Gasteiger partial charge in [0.25, 0.3) is 0 Å². The molecule has 0 N–H and O–H groups in total. The SMILES string of the molecule is c1ccc(-c2ccc3c(c2)oc2cccc(-c4nc(-c5ccccc5)nc(-c5ccc6c(-c7ccccc7)cc7ccccc7c6c5)n4)c23)cc1. The van der Waals surface area contributed by atoms with Gasteiger partial charge in [0.1, 0.15) is 11.2 Å². The molecule has 0 aliphatic heterocycles. The Labute approximate surface area is 294 Å². The Balaban J connectivity index is 1.19. The first-order valence-electron chi connectivity index (χ1n) is 17.1. The highest BCUT2D eigenvalue weighted by Gasteiger charge is 2.19. The van der Waals surface area contributed by atoms with E-state index in [-0.39, 0.29) is 0 Å². The second kappa shape index (κ2) is 11.9. The Morgan fingerprint density at radius 2 is 0.941 bits per heavy atom. The predicted octanol–water partition coefficient (Wildman–Crippen LogP) is 12.4. The minimum atomic E-state index is 0.599. The van der Waals surface area contributed by atoms with Crippen molar-refractivity contribution >= 4 is 43.5 Å². The van der Waals surface area contributed by atoms with Crippen molar-refractivity contribution in [3.63, 3.8) is 0 Å². The Kier molecular flexibility index (Phi) is 6.78. The van der Waals surface area contributed by atoms with Crippen molar-refractivity contribution in [1.82, 2.24) is 15.0 Å². The van der Waals surface area contributed by atoms with Gasteiger partial charge < -0.3 is 4.42 Å². The van der Waals surface area contributed by atoms with Crippen molar-refractivity contribution in [2.24, 2.45) is 0 Å². The van der Waals surface area contributed by atoms with Crippen molar-refractivity contribution in [3.8, 4) is 56.4 Å². The van der Waals surface area contributed by atoms with E-state index < -0.39 is 0 Å². The number of benzene rings is 8. The van der Waals surface area contributed by atoms with E-state index in [4.69, 9.17) is 19.4 Å². The first kappa shape index (κ1) is 29.0. The maximum absolute atomic E-state index is 6.47. The smallest absolute Gasteiger partial charge is 0.164 e. The third-order valence-electron chi connectivity index (χ3n) is 9.72. The summed E-state index contributed by atoms with van der Waals surface area (Å²) in [6, 6.07) is 61.0. The second-order valence-corrected chi connectivity index (χ2v) is 12.8. The average molecular weight is 652 g/mol. The lowest BCUT2D eigenvalue weighted by atomic mass is 9.92. The van der Waals surface area contributed by atoms with Crippen LogP contribution in [0.5, 0.6) is 0 Å². The van der Waals surface area contributed by atoms with Crippen molar-refractivity contribution in [3.05, 3.63) is 176 Å². The lowest BCUT2D eigenvalue weighted by Gasteiger charge is -2.13. The molecule has 0 amide bonds. The molecular weight excluding hydrogens is 623 g/mol. The van der Waals surface area contributed by atoms with Crippen LogP contribution in [0.2, 0.25) is 0 Å². The number of hydrogen-bond donors (Lipinski definition) is 0. The van der Waals surface area contributed by atoms with Gasteiger partial charge in [0, 0.05) is 27.5 Å². The van der Waals surface area contributed by atoms with E-state index in [9.17, 15) is 0 Å². The van der Waals surface area contributed by atoms with Gasteiger partial charge in [-0.15, -0.1) is 0 Å². The van der Waals surface area contributed by atoms with E-state index in [1.165, 1.54) is 27.3 Å². The molecule has 0 radical (unpaired) electrons. The fourth-order valence-electron chi connectivity index (χ4n) is 7.26. The summed E-state index contributed by atoms with van der Waals surface area (Å²) in [6.45, 7) is 0. The number of hydrogen-bond acceptors (Lipinski definition) is 4. The molecule has 8 aromatic carbocycles. The molecule has 0 unspecified atom stereocenters. The molecule has 10 aromatic rings. The average Bonchev–Trinajstić information content (AvgIpc) is 3.59. The number of aromatic nitrogens is 3. The monoisotopic (exact) mass is 651 g/mol. The van der Waals surface area contributed by atoms with Crippen LogP contribution < -0.4 is 0 Å². The highest BCUT2D eigenvalue weighted by Crippen LogP contribution is 2.40. The van der Waals surface area contributed by atoms with Gasteiger partial charge in [-0.25, -0.2) is 15.0 Å². The molecule has 0 fully saturated rings. The Morgan fingerprint density at radius 3 is 1.73 bits per heavy atom. The van der Waals surface area contributed by atoms with Crippen LogP contribution in [0.15, 0.2) is 180 Å². The molecule has 0 spiro atoms. The molecule has 0 saturated heterocycles. The van der Waals surface area contributed by atoms with Crippen LogP contribution in [0.4, 0.5) is 0 Å². The summed E-state index contributed by atoms with van der Waals surface area (Å²) in [5, 5.41) is 6.73. The van der Waals surface area contributed by atoms with Gasteiger partial charge in [-0.3, -0.25) is 0 Å². The van der Waals surface area contributed by atoms with E-state index in [2.05, 4.69) is 127 Å². The third-order valence-corrected chi connectivity index (χ3v) is 9.72. The first-order chi connectivity index (χ1) is 25.3. The molecule has 2 aromatic heterocycles. The topological polar surface area (TPSA) is 51.8 Å². The molecular formula is C47H29N3O.